The lowest BCUT2D eigenvalue weighted by molar-refractivity contribution is -0.131. The van der Waals surface area contributed by atoms with Crippen molar-refractivity contribution in [2.45, 2.75) is 66.2 Å². The fraction of sp³-hybridized carbons (Fsp3) is 0.882. The van der Waals surface area contributed by atoms with Crippen LogP contribution in [0.4, 0.5) is 0 Å². The van der Waals surface area contributed by atoms with E-state index in [-0.39, 0.29) is 11.8 Å². The van der Waals surface area contributed by atoms with Gasteiger partial charge in [0.15, 0.2) is 0 Å². The molecule has 3 heteroatoms. The van der Waals surface area contributed by atoms with Crippen molar-refractivity contribution < 1.29 is 9.59 Å². The highest BCUT2D eigenvalue weighted by molar-refractivity contribution is 5.81. The Hall–Kier alpha value is -0.860. The molecule has 1 amide bonds. The largest absolute Gasteiger partial charge is 0.342 e. The molecule has 0 aromatic carbocycles. The van der Waals surface area contributed by atoms with Crippen LogP contribution in [0.2, 0.25) is 0 Å². The Morgan fingerprint density at radius 2 is 1.90 bits per heavy atom. The molecule has 1 atom stereocenters. The first-order valence-corrected chi connectivity index (χ1v) is 8.23. The summed E-state index contributed by atoms with van der Waals surface area (Å²) in [5, 5.41) is 0. The van der Waals surface area contributed by atoms with E-state index < -0.39 is 0 Å². The molecule has 1 saturated heterocycles. The van der Waals surface area contributed by atoms with Gasteiger partial charge in [0.2, 0.25) is 5.91 Å². The van der Waals surface area contributed by atoms with Gasteiger partial charge in [0.1, 0.15) is 5.78 Å². The average molecular weight is 281 g/mol. The Kier molecular flexibility index (Phi) is 7.25. The van der Waals surface area contributed by atoms with Gasteiger partial charge in [0, 0.05) is 31.3 Å². The number of hydrogen-bond acceptors (Lipinski definition) is 2. The van der Waals surface area contributed by atoms with Crippen molar-refractivity contribution in [1.82, 2.24) is 4.90 Å². The molecule has 0 radical (unpaired) electrons. The zero-order valence-electron chi connectivity index (χ0n) is 13.7. The fourth-order valence-electron chi connectivity index (χ4n) is 2.88. The molecule has 1 heterocycles. The number of carbonyl (C=O) groups is 2. The Bertz CT molecular complexity index is 323. The Balaban J connectivity index is 2.14. The zero-order chi connectivity index (χ0) is 15.1. The third kappa shape index (κ3) is 5.64. The van der Waals surface area contributed by atoms with E-state index in [1.807, 2.05) is 18.7 Å². The van der Waals surface area contributed by atoms with E-state index >= 15 is 0 Å². The summed E-state index contributed by atoms with van der Waals surface area (Å²) in [5.74, 6) is 1.74. The first-order valence-electron chi connectivity index (χ1n) is 8.23. The van der Waals surface area contributed by atoms with Gasteiger partial charge in [0.25, 0.3) is 0 Å². The number of Topliss-reactive ketones (excluding diaryl/α,β-unsaturated/α-hetero) is 1. The molecule has 0 N–H and O–H groups in total. The van der Waals surface area contributed by atoms with Crippen LogP contribution >= 0.6 is 0 Å². The van der Waals surface area contributed by atoms with Crippen LogP contribution in [-0.4, -0.2) is 29.7 Å². The maximum atomic E-state index is 12.2. The highest BCUT2D eigenvalue weighted by Gasteiger charge is 2.31. The number of ketones is 1. The maximum absolute atomic E-state index is 12.2. The smallest absolute Gasteiger partial charge is 0.225 e. The lowest BCUT2D eigenvalue weighted by Gasteiger charge is -2.17. The van der Waals surface area contributed by atoms with E-state index in [4.69, 9.17) is 0 Å². The average Bonchev–Trinajstić information content (AvgIpc) is 2.70. The molecule has 0 saturated carbocycles. The van der Waals surface area contributed by atoms with Gasteiger partial charge in [-0.1, -0.05) is 34.1 Å². The molecule has 0 aromatic heterocycles. The van der Waals surface area contributed by atoms with Gasteiger partial charge < -0.3 is 4.90 Å². The molecule has 20 heavy (non-hydrogen) atoms. The minimum absolute atomic E-state index is 0.159. The zero-order valence-corrected chi connectivity index (χ0v) is 13.7. The number of rotatable bonds is 9. The summed E-state index contributed by atoms with van der Waals surface area (Å²) in [6.07, 6.45) is 5.81. The summed E-state index contributed by atoms with van der Waals surface area (Å²) in [4.78, 5) is 25.7. The molecule has 1 unspecified atom stereocenters. The van der Waals surface area contributed by atoms with Crippen LogP contribution in [0.25, 0.3) is 0 Å². The molecule has 0 aliphatic carbocycles. The first kappa shape index (κ1) is 17.2. The first-order chi connectivity index (χ1) is 9.41. The summed E-state index contributed by atoms with van der Waals surface area (Å²) in [7, 11) is 0. The summed E-state index contributed by atoms with van der Waals surface area (Å²) in [5.41, 5.74) is 0. The summed E-state index contributed by atoms with van der Waals surface area (Å²) < 4.78 is 0. The van der Waals surface area contributed by atoms with Crippen LogP contribution in [0.3, 0.4) is 0 Å². The maximum Gasteiger partial charge on any atom is 0.225 e. The number of carbonyl (C=O) groups excluding carboxylic acids is 2. The summed E-state index contributed by atoms with van der Waals surface area (Å²) >= 11 is 0. The monoisotopic (exact) mass is 281 g/mol. The SMILES string of the molecule is CC(C)CC1CCN(CCCCCC(=O)C(C)C)C1=O. The molecular formula is C17H31NO2. The molecule has 1 rings (SSSR count). The van der Waals surface area contributed by atoms with Crippen molar-refractivity contribution in [3.8, 4) is 0 Å². The molecule has 1 aliphatic rings. The predicted molar refractivity (Wildman–Crippen MR) is 82.5 cm³/mol. The highest BCUT2D eigenvalue weighted by atomic mass is 16.2. The van der Waals surface area contributed by atoms with Gasteiger partial charge in [-0.05, 0) is 31.6 Å². The Labute approximate surface area is 124 Å². The Morgan fingerprint density at radius 3 is 2.50 bits per heavy atom. The second-order valence-electron chi connectivity index (χ2n) is 6.87. The van der Waals surface area contributed by atoms with Crippen LogP contribution in [0.1, 0.15) is 66.2 Å². The van der Waals surface area contributed by atoms with Gasteiger partial charge in [-0.25, -0.2) is 0 Å². The van der Waals surface area contributed by atoms with E-state index in [1.54, 1.807) is 0 Å². The second kappa shape index (κ2) is 8.43. The highest BCUT2D eigenvalue weighted by Crippen LogP contribution is 2.25. The minimum Gasteiger partial charge on any atom is -0.342 e. The third-order valence-corrected chi connectivity index (χ3v) is 4.16. The van der Waals surface area contributed by atoms with Crippen LogP contribution < -0.4 is 0 Å². The third-order valence-electron chi connectivity index (χ3n) is 4.16. The summed E-state index contributed by atoms with van der Waals surface area (Å²) in [6, 6.07) is 0. The molecule has 116 valence electrons. The molecule has 1 aliphatic heterocycles. The van der Waals surface area contributed by atoms with E-state index in [1.165, 1.54) is 0 Å². The van der Waals surface area contributed by atoms with Crippen LogP contribution in [0, 0.1) is 17.8 Å². The standard InChI is InChI=1S/C17H31NO2/c1-13(2)12-15-9-11-18(17(15)20)10-7-5-6-8-16(19)14(3)4/h13-15H,5-12H2,1-4H3. The van der Waals surface area contributed by atoms with Crippen LogP contribution in [0.5, 0.6) is 0 Å². The van der Waals surface area contributed by atoms with E-state index in [0.29, 0.717) is 24.0 Å². The lowest BCUT2D eigenvalue weighted by atomic mass is 9.96. The normalized spacial score (nSPS) is 19.4. The minimum atomic E-state index is 0.159. The number of likely N-dealkylation sites (tertiary alicyclic amines) is 1. The topological polar surface area (TPSA) is 37.4 Å². The fourth-order valence-corrected chi connectivity index (χ4v) is 2.88. The molecule has 0 bridgehead atoms. The van der Waals surface area contributed by atoms with Crippen LogP contribution in [-0.2, 0) is 9.59 Å². The Morgan fingerprint density at radius 1 is 1.20 bits per heavy atom. The van der Waals surface area contributed by atoms with Crippen molar-refractivity contribution in [2.75, 3.05) is 13.1 Å². The predicted octanol–water partition coefficient (Wildman–Crippen LogP) is 3.67. The number of hydrogen-bond donors (Lipinski definition) is 0. The van der Waals surface area contributed by atoms with E-state index in [9.17, 15) is 9.59 Å². The number of unbranched alkanes of at least 4 members (excludes halogenated alkanes) is 2. The molecule has 3 nitrogen and oxygen atoms in total. The van der Waals surface area contributed by atoms with Gasteiger partial charge in [-0.3, -0.25) is 9.59 Å². The van der Waals surface area contributed by atoms with E-state index in [2.05, 4.69) is 13.8 Å². The molecular weight excluding hydrogens is 250 g/mol. The number of amides is 1. The van der Waals surface area contributed by atoms with E-state index in [0.717, 1.165) is 45.2 Å². The molecule has 0 spiro atoms. The van der Waals surface area contributed by atoms with Crippen molar-refractivity contribution in [3.63, 3.8) is 0 Å². The van der Waals surface area contributed by atoms with Crippen molar-refractivity contribution in [2.24, 2.45) is 17.8 Å². The van der Waals surface area contributed by atoms with Gasteiger partial charge in [0.05, 0.1) is 0 Å². The quantitative estimate of drug-likeness (QED) is 0.605. The van der Waals surface area contributed by atoms with Crippen molar-refractivity contribution in [1.29, 1.82) is 0 Å². The molecule has 0 aromatic rings. The van der Waals surface area contributed by atoms with Crippen molar-refractivity contribution in [3.05, 3.63) is 0 Å². The van der Waals surface area contributed by atoms with Crippen LogP contribution in [0.15, 0.2) is 0 Å². The van der Waals surface area contributed by atoms with Crippen molar-refractivity contribution >= 4 is 11.7 Å². The van der Waals surface area contributed by atoms with Gasteiger partial charge in [-0.15, -0.1) is 0 Å². The number of nitrogens with zero attached hydrogens (tertiary/aromatic N) is 1. The van der Waals surface area contributed by atoms with Gasteiger partial charge in [-0.2, -0.15) is 0 Å². The van der Waals surface area contributed by atoms with Gasteiger partial charge >= 0.3 is 0 Å². The lowest BCUT2D eigenvalue weighted by Crippen LogP contribution is -2.28. The summed E-state index contributed by atoms with van der Waals surface area (Å²) in [6.45, 7) is 10.1. The molecule has 1 fully saturated rings. The second-order valence-corrected chi connectivity index (χ2v) is 6.87.